The summed E-state index contributed by atoms with van der Waals surface area (Å²) in [6.45, 7) is 5.48. The number of allylic oxidation sites excluding steroid dienone is 1. The maximum Gasteiger partial charge on any atom is 0.330 e. The Labute approximate surface area is 226 Å². The van der Waals surface area contributed by atoms with Crippen LogP contribution in [0.3, 0.4) is 0 Å². The van der Waals surface area contributed by atoms with Gasteiger partial charge in [0.15, 0.2) is 5.82 Å². The fourth-order valence-electron chi connectivity index (χ4n) is 4.00. The highest BCUT2D eigenvalue weighted by atomic mass is 16.5. The Balaban J connectivity index is 1.69. The standard InChI is InChI=1S/C28H30N8O3/c1-3-25(37)32-22-10-7-11-24(14-22)36-26-21(19-35(28(36)38)18-20-8-5-4-6-9-20)16-31-27(34-26)33-23(15-29)17-30-12-13-39-2/h3-11,14-17,29-30H,1,12-13,18-19H2,2H3,(H,32,37)(H,31,33,34)/p+1/b23-17+,29-15?. The zero-order valence-corrected chi connectivity index (χ0v) is 21.6. The van der Waals surface area contributed by atoms with E-state index in [4.69, 9.17) is 10.1 Å². The summed E-state index contributed by atoms with van der Waals surface area (Å²) in [5.41, 5.74) is 3.27. The zero-order valence-electron chi connectivity index (χ0n) is 21.6. The molecule has 0 saturated heterocycles. The van der Waals surface area contributed by atoms with Crippen molar-refractivity contribution in [3.05, 3.63) is 96.5 Å². The number of urea groups is 1. The number of ether oxygens (including phenoxy) is 1. The van der Waals surface area contributed by atoms with Crippen LogP contribution in [0.2, 0.25) is 0 Å². The van der Waals surface area contributed by atoms with Gasteiger partial charge in [-0.15, -0.1) is 0 Å². The van der Waals surface area contributed by atoms with Gasteiger partial charge >= 0.3 is 6.03 Å². The first-order chi connectivity index (χ1) is 19.0. The van der Waals surface area contributed by atoms with Crippen LogP contribution in [-0.2, 0) is 22.6 Å². The van der Waals surface area contributed by atoms with Crippen LogP contribution in [0.15, 0.2) is 85.3 Å². The highest BCUT2D eigenvalue weighted by Gasteiger charge is 2.33. The Morgan fingerprint density at radius 1 is 1.21 bits per heavy atom. The summed E-state index contributed by atoms with van der Waals surface area (Å²) in [5.74, 6) is 0.307. The van der Waals surface area contributed by atoms with Crippen molar-refractivity contribution in [1.82, 2.24) is 14.9 Å². The van der Waals surface area contributed by atoms with E-state index in [-0.39, 0.29) is 17.9 Å². The molecule has 0 aliphatic carbocycles. The van der Waals surface area contributed by atoms with E-state index in [2.05, 4.69) is 27.2 Å². The number of carbonyl (C=O) groups is 2. The molecule has 0 atom stereocenters. The number of nitrogens with two attached hydrogens (primary N) is 1. The Bertz CT molecular complexity index is 1380. The van der Waals surface area contributed by atoms with E-state index in [9.17, 15) is 9.59 Å². The maximum atomic E-state index is 13.9. The lowest BCUT2D eigenvalue weighted by Gasteiger charge is -2.36. The van der Waals surface area contributed by atoms with Gasteiger partial charge in [0.25, 0.3) is 0 Å². The minimum atomic E-state index is -0.356. The molecule has 3 aromatic rings. The van der Waals surface area contributed by atoms with E-state index < -0.39 is 0 Å². The monoisotopic (exact) mass is 527 g/mol. The van der Waals surface area contributed by atoms with Crippen molar-refractivity contribution in [2.24, 2.45) is 0 Å². The SMILES string of the molecule is C=CC(=O)Nc1cccc(N2C(=O)N(Cc3ccccc3)Cc3cnc(N/C(C=N)=C/[NH2+]CCOC)nc32)c1. The number of anilines is 4. The predicted molar refractivity (Wildman–Crippen MR) is 150 cm³/mol. The van der Waals surface area contributed by atoms with Gasteiger partial charge < -0.3 is 31.0 Å². The Morgan fingerprint density at radius 3 is 2.77 bits per heavy atom. The van der Waals surface area contributed by atoms with Crippen LogP contribution < -0.4 is 20.9 Å². The van der Waals surface area contributed by atoms with Crippen molar-refractivity contribution in [3.63, 3.8) is 0 Å². The van der Waals surface area contributed by atoms with Crippen molar-refractivity contribution >= 4 is 41.3 Å². The fraction of sp³-hybridized carbons (Fsp3) is 0.179. The van der Waals surface area contributed by atoms with Crippen LogP contribution in [0.4, 0.5) is 27.9 Å². The summed E-state index contributed by atoms with van der Waals surface area (Å²) in [5, 5.41) is 15.4. The van der Waals surface area contributed by atoms with Gasteiger partial charge in [-0.2, -0.15) is 4.98 Å². The highest BCUT2D eigenvalue weighted by Crippen LogP contribution is 2.35. The molecule has 200 valence electrons. The van der Waals surface area contributed by atoms with Crippen LogP contribution in [0, 0.1) is 5.41 Å². The van der Waals surface area contributed by atoms with Crippen LogP contribution >= 0.6 is 0 Å². The van der Waals surface area contributed by atoms with Gasteiger partial charge in [0.05, 0.1) is 18.8 Å². The third-order valence-electron chi connectivity index (χ3n) is 5.85. The topological polar surface area (TPSA) is 140 Å². The number of hydrogen-bond donors (Lipinski definition) is 4. The predicted octanol–water partition coefficient (Wildman–Crippen LogP) is 2.99. The van der Waals surface area contributed by atoms with Gasteiger partial charge in [-0.05, 0) is 29.8 Å². The Morgan fingerprint density at radius 2 is 2.03 bits per heavy atom. The van der Waals surface area contributed by atoms with Crippen LogP contribution in [-0.4, -0.2) is 53.3 Å². The molecule has 1 aromatic heterocycles. The van der Waals surface area contributed by atoms with E-state index in [0.29, 0.717) is 49.1 Å². The number of carbonyl (C=O) groups excluding carboxylic acids is 2. The number of benzene rings is 2. The number of fused-ring (bicyclic) bond motifs is 1. The molecule has 0 spiro atoms. The van der Waals surface area contributed by atoms with Crippen molar-refractivity contribution in [1.29, 1.82) is 5.41 Å². The molecule has 0 saturated carbocycles. The molecule has 11 heteroatoms. The lowest BCUT2D eigenvalue weighted by Crippen LogP contribution is -2.79. The van der Waals surface area contributed by atoms with Gasteiger partial charge in [0.1, 0.15) is 18.4 Å². The lowest BCUT2D eigenvalue weighted by atomic mass is 10.1. The molecule has 2 aromatic carbocycles. The summed E-state index contributed by atoms with van der Waals surface area (Å²) in [4.78, 5) is 38.1. The molecule has 39 heavy (non-hydrogen) atoms. The Hall–Kier alpha value is -4.87. The van der Waals surface area contributed by atoms with E-state index in [0.717, 1.165) is 11.1 Å². The molecule has 0 fully saturated rings. The lowest BCUT2D eigenvalue weighted by molar-refractivity contribution is -0.590. The van der Waals surface area contributed by atoms with Gasteiger partial charge in [0.2, 0.25) is 11.9 Å². The number of nitrogens with one attached hydrogen (secondary N) is 3. The third-order valence-corrected chi connectivity index (χ3v) is 5.85. The van der Waals surface area contributed by atoms with Crippen molar-refractivity contribution in [3.8, 4) is 0 Å². The highest BCUT2D eigenvalue weighted by molar-refractivity contribution is 6.03. The van der Waals surface area contributed by atoms with Crippen molar-refractivity contribution < 1.29 is 19.6 Å². The minimum Gasteiger partial charge on any atom is -0.379 e. The van der Waals surface area contributed by atoms with Gasteiger partial charge in [0, 0.05) is 37.3 Å². The van der Waals surface area contributed by atoms with Crippen molar-refractivity contribution in [2.75, 3.05) is 35.8 Å². The molecule has 11 nitrogen and oxygen atoms in total. The second-order valence-electron chi connectivity index (χ2n) is 8.65. The van der Waals surface area contributed by atoms with E-state index in [1.165, 1.54) is 17.2 Å². The molecule has 0 radical (unpaired) electrons. The van der Waals surface area contributed by atoms with E-state index in [1.807, 2.05) is 35.6 Å². The molecular formula is C28H31N8O3+. The third kappa shape index (κ3) is 6.92. The largest absolute Gasteiger partial charge is 0.379 e. The number of hydrogen-bond acceptors (Lipinski definition) is 7. The number of quaternary nitrogens is 1. The summed E-state index contributed by atoms with van der Waals surface area (Å²) in [6.07, 6.45) is 5.79. The second kappa shape index (κ2) is 13.1. The first-order valence-electron chi connectivity index (χ1n) is 12.3. The average molecular weight is 528 g/mol. The minimum absolute atomic E-state index is 0.245. The van der Waals surface area contributed by atoms with Crippen LogP contribution in [0.25, 0.3) is 0 Å². The van der Waals surface area contributed by atoms with E-state index >= 15 is 0 Å². The molecule has 1 aliphatic rings. The summed E-state index contributed by atoms with van der Waals surface area (Å²) in [7, 11) is 1.63. The molecule has 1 aliphatic heterocycles. The van der Waals surface area contributed by atoms with Gasteiger partial charge in [-0.1, -0.05) is 43.0 Å². The summed E-state index contributed by atoms with van der Waals surface area (Å²) < 4.78 is 5.05. The summed E-state index contributed by atoms with van der Waals surface area (Å²) in [6, 6.07) is 16.4. The summed E-state index contributed by atoms with van der Waals surface area (Å²) >= 11 is 0. The molecule has 0 bridgehead atoms. The maximum absolute atomic E-state index is 13.9. The molecule has 3 amide bonds. The number of amides is 3. The quantitative estimate of drug-likeness (QED) is 0.162. The Kier molecular flexibility index (Phi) is 9.11. The molecule has 5 N–H and O–H groups in total. The number of nitrogens with zero attached hydrogens (tertiary/aromatic N) is 4. The first kappa shape index (κ1) is 27.2. The van der Waals surface area contributed by atoms with Gasteiger partial charge in [-0.25, -0.2) is 14.7 Å². The van der Waals surface area contributed by atoms with E-state index in [1.54, 1.807) is 48.7 Å². The van der Waals surface area contributed by atoms with Crippen LogP contribution in [0.5, 0.6) is 0 Å². The van der Waals surface area contributed by atoms with Gasteiger partial charge in [-0.3, -0.25) is 4.79 Å². The second-order valence-corrected chi connectivity index (χ2v) is 8.65. The zero-order chi connectivity index (χ0) is 27.6. The van der Waals surface area contributed by atoms with Crippen LogP contribution in [0.1, 0.15) is 11.1 Å². The normalized spacial score (nSPS) is 13.1. The number of aromatic nitrogens is 2. The smallest absolute Gasteiger partial charge is 0.330 e. The molecular weight excluding hydrogens is 496 g/mol. The molecule has 2 heterocycles. The first-order valence-corrected chi connectivity index (χ1v) is 12.3. The number of methoxy groups -OCH3 is 1. The average Bonchev–Trinajstić information content (AvgIpc) is 2.96. The fourth-order valence-corrected chi connectivity index (χ4v) is 4.00. The van der Waals surface area contributed by atoms with Crippen molar-refractivity contribution in [2.45, 2.75) is 13.1 Å². The number of rotatable bonds is 12. The molecule has 4 rings (SSSR count). The molecule has 0 unspecified atom stereocenters.